The molecule has 0 aromatic carbocycles. The molecule has 0 aliphatic rings. The second kappa shape index (κ2) is 83.6. The van der Waals surface area contributed by atoms with E-state index in [9.17, 15) is 0 Å². The van der Waals surface area contributed by atoms with Crippen LogP contribution in [0, 0.1) is 0 Å². The Hall–Kier alpha value is 1.56. The molecule has 0 amide bonds. The summed E-state index contributed by atoms with van der Waals surface area (Å²) in [6, 6.07) is 0. The first-order valence-corrected chi connectivity index (χ1v) is 0. The Balaban J connectivity index is 0. The van der Waals surface area contributed by atoms with E-state index in [1.807, 2.05) is 0 Å². The predicted molar refractivity (Wildman–Crippen MR) is 13.5 cm³/mol. The van der Waals surface area contributed by atoms with Gasteiger partial charge in [0.05, 0.1) is 0 Å². The van der Waals surface area contributed by atoms with Crippen LogP contribution in [-0.2, 0) is 47.5 Å². The van der Waals surface area contributed by atoms with Crippen LogP contribution in [0.2, 0.25) is 0 Å². The Kier molecular flexibility index (Phi) is 1870. The van der Waals surface area contributed by atoms with Gasteiger partial charge in [0.2, 0.25) is 0 Å². The van der Waals surface area contributed by atoms with E-state index in [2.05, 4.69) is 0 Å². The first-order valence-electron chi connectivity index (χ1n) is 0. The summed E-state index contributed by atoms with van der Waals surface area (Å²) in [7, 11) is 0. The van der Waals surface area contributed by atoms with Crippen molar-refractivity contribution in [3.05, 3.63) is 0 Å². The van der Waals surface area contributed by atoms with Gasteiger partial charge in [-0.3, -0.25) is 0 Å². The SMILES string of the molecule is O.[AlH2].[Cu+2].[O-2].[O-2].[Zn+2]. The minimum Gasteiger partial charge on any atom is -2.00 e. The number of hydrogen-bond acceptors (Lipinski definition) is 0. The van der Waals surface area contributed by atoms with E-state index in [1.54, 1.807) is 0 Å². The van der Waals surface area contributed by atoms with Gasteiger partial charge in [-0.2, -0.15) is 0 Å². The Morgan fingerprint density at radius 3 is 0.833 bits per heavy atom. The van der Waals surface area contributed by atoms with Crippen LogP contribution in [0.1, 0.15) is 0 Å². The van der Waals surface area contributed by atoms with Crippen molar-refractivity contribution in [2.24, 2.45) is 0 Å². The third kappa shape index (κ3) is 47.7. The number of rotatable bonds is 0. The summed E-state index contributed by atoms with van der Waals surface area (Å²) in [6.45, 7) is 0. The van der Waals surface area contributed by atoms with Crippen LogP contribution >= 0.6 is 0 Å². The van der Waals surface area contributed by atoms with Gasteiger partial charge in [-0.05, 0) is 0 Å². The van der Waals surface area contributed by atoms with Gasteiger partial charge in [-0.25, -0.2) is 0 Å². The molecule has 6 heteroatoms. The Labute approximate surface area is 70.2 Å². The zero-order valence-electron chi connectivity index (χ0n) is 3.33. The van der Waals surface area contributed by atoms with Crippen LogP contribution < -0.4 is 0 Å². The molecule has 0 rings (SSSR count). The minimum absolute atomic E-state index is 0. The smallest absolute Gasteiger partial charge is 2.00 e. The van der Waals surface area contributed by atoms with E-state index in [0.29, 0.717) is 0 Å². The maximum atomic E-state index is 0. The van der Waals surface area contributed by atoms with Crippen molar-refractivity contribution >= 4 is 17.4 Å². The fourth-order valence-electron chi connectivity index (χ4n) is 0. The third-order valence-corrected chi connectivity index (χ3v) is 0. The van der Waals surface area contributed by atoms with Crippen molar-refractivity contribution in [3.63, 3.8) is 0 Å². The van der Waals surface area contributed by atoms with E-state index < -0.39 is 0 Å². The maximum Gasteiger partial charge on any atom is 2.00 e. The van der Waals surface area contributed by atoms with Crippen molar-refractivity contribution in [1.29, 1.82) is 0 Å². The van der Waals surface area contributed by atoms with Gasteiger partial charge >= 0.3 is 36.5 Å². The molecule has 0 aliphatic heterocycles. The molecule has 38 valence electrons. The zero-order chi connectivity index (χ0) is 0. The molecule has 0 atom stereocenters. The molecule has 2 N–H and O–H groups in total. The Morgan fingerprint density at radius 2 is 0.833 bits per heavy atom. The first-order chi connectivity index (χ1) is 0. The molecule has 0 heterocycles. The summed E-state index contributed by atoms with van der Waals surface area (Å²) in [5.74, 6) is 0. The molecule has 0 fully saturated rings. The molecule has 0 aliphatic carbocycles. The van der Waals surface area contributed by atoms with Gasteiger partial charge in [-0.1, -0.05) is 0 Å². The van der Waals surface area contributed by atoms with Crippen molar-refractivity contribution in [2.45, 2.75) is 0 Å². The van der Waals surface area contributed by atoms with E-state index in [-0.39, 0.29) is 70.3 Å². The van der Waals surface area contributed by atoms with Crippen LogP contribution in [0.5, 0.6) is 0 Å². The van der Waals surface area contributed by atoms with Crippen LogP contribution in [0.4, 0.5) is 0 Å². The monoisotopic (exact) mass is 206 g/mol. The molecule has 0 spiro atoms. The van der Waals surface area contributed by atoms with Gasteiger partial charge in [0, 0.05) is 0 Å². The minimum atomic E-state index is 0. The second-order valence-electron chi connectivity index (χ2n) is 0. The standard InChI is InChI=1S/Al.Cu.H2O.2O.Zn.2H/h;;1H2;;;;;/q;+2;;2*-2;+2;;. The van der Waals surface area contributed by atoms with Crippen LogP contribution in [0.3, 0.4) is 0 Å². The summed E-state index contributed by atoms with van der Waals surface area (Å²) >= 11 is 0. The van der Waals surface area contributed by atoms with Crippen LogP contribution in [-0.4, -0.2) is 22.8 Å². The first kappa shape index (κ1) is 134. The summed E-state index contributed by atoms with van der Waals surface area (Å²) in [5, 5.41) is 0. The van der Waals surface area contributed by atoms with Gasteiger partial charge in [-0.15, -0.1) is 0 Å². The molecule has 2 radical (unpaired) electrons. The van der Waals surface area contributed by atoms with Crippen molar-refractivity contribution < 1.29 is 53.0 Å². The largest absolute Gasteiger partial charge is 2.00 e. The predicted octanol–water partition coefficient (Wildman–Crippen LogP) is -1.98. The average Bonchev–Trinajstić information content (AvgIpc) is 0. The molecule has 0 aromatic heterocycles. The van der Waals surface area contributed by atoms with Crippen molar-refractivity contribution in [2.75, 3.05) is 0 Å². The Bertz CT molecular complexity index is 10.8. The third-order valence-electron chi connectivity index (χ3n) is 0. The van der Waals surface area contributed by atoms with Crippen molar-refractivity contribution in [3.8, 4) is 0 Å². The molecule has 0 aromatic rings. The second-order valence-corrected chi connectivity index (χ2v) is 0. The van der Waals surface area contributed by atoms with E-state index >= 15 is 0 Å². The molecule has 3 nitrogen and oxygen atoms in total. The normalized spacial score (nSPS) is 0. The van der Waals surface area contributed by atoms with Gasteiger partial charge in [0.15, 0.2) is 0 Å². The molecule has 6 heavy (non-hydrogen) atoms. The molecule has 0 unspecified atom stereocenters. The molecular formula is H4AlCuO3Zn. The van der Waals surface area contributed by atoms with E-state index in [1.165, 1.54) is 0 Å². The Morgan fingerprint density at radius 1 is 0.833 bits per heavy atom. The number of hydrogen-bond donors (Lipinski definition) is 0. The van der Waals surface area contributed by atoms with Gasteiger partial charge in [0.1, 0.15) is 17.4 Å². The van der Waals surface area contributed by atoms with Gasteiger partial charge < -0.3 is 16.4 Å². The molecule has 0 saturated carbocycles. The maximum absolute atomic E-state index is 0. The zero-order valence-corrected chi connectivity index (χ0v) is 9.23. The van der Waals surface area contributed by atoms with E-state index in [0.717, 1.165) is 0 Å². The quantitative estimate of drug-likeness (QED) is 0.413. The van der Waals surface area contributed by atoms with Crippen LogP contribution in [0.25, 0.3) is 0 Å². The van der Waals surface area contributed by atoms with Crippen molar-refractivity contribution in [1.82, 2.24) is 0 Å². The summed E-state index contributed by atoms with van der Waals surface area (Å²) < 4.78 is 0. The van der Waals surface area contributed by atoms with Gasteiger partial charge in [0.25, 0.3) is 0 Å². The molecular weight excluding hydrogens is 204 g/mol. The topological polar surface area (TPSA) is 88.5 Å². The molecule has 0 bridgehead atoms. The summed E-state index contributed by atoms with van der Waals surface area (Å²) in [5.41, 5.74) is 0. The van der Waals surface area contributed by atoms with Crippen LogP contribution in [0.15, 0.2) is 0 Å². The molecule has 0 saturated heterocycles. The van der Waals surface area contributed by atoms with E-state index in [4.69, 9.17) is 0 Å². The fraction of sp³-hybridized carbons (Fsp3) is 0. The fourth-order valence-corrected chi connectivity index (χ4v) is 0. The summed E-state index contributed by atoms with van der Waals surface area (Å²) in [4.78, 5) is 0. The average molecular weight is 208 g/mol. The summed E-state index contributed by atoms with van der Waals surface area (Å²) in [6.07, 6.45) is 0.